The van der Waals surface area contributed by atoms with E-state index in [9.17, 15) is 15.3 Å². The van der Waals surface area contributed by atoms with Gasteiger partial charge in [0.2, 0.25) is 0 Å². The van der Waals surface area contributed by atoms with Gasteiger partial charge in [0.05, 0.1) is 19.3 Å². The predicted molar refractivity (Wildman–Crippen MR) is 125 cm³/mol. The molecule has 0 saturated heterocycles. The number of aliphatic hydroxyl groups excluding tert-OH is 3. The van der Waals surface area contributed by atoms with Gasteiger partial charge in [-0.2, -0.15) is 0 Å². The zero-order chi connectivity index (χ0) is 22.5. The molecular formula is C27H38O3. The van der Waals surface area contributed by atoms with E-state index in [0.29, 0.717) is 0 Å². The molecule has 0 aliphatic rings. The van der Waals surface area contributed by atoms with Crippen LogP contribution in [-0.2, 0) is 25.0 Å². The van der Waals surface area contributed by atoms with Crippen LogP contribution in [-0.4, -0.2) is 21.4 Å². The fourth-order valence-electron chi connectivity index (χ4n) is 3.50. The molecule has 2 aromatic rings. The molecular weight excluding hydrogens is 372 g/mol. The van der Waals surface area contributed by atoms with Crippen molar-refractivity contribution in [3.63, 3.8) is 0 Å². The van der Waals surface area contributed by atoms with Crippen LogP contribution in [0, 0.1) is 12.3 Å². The van der Waals surface area contributed by atoms with Gasteiger partial charge >= 0.3 is 0 Å². The van der Waals surface area contributed by atoms with Crippen molar-refractivity contribution in [1.29, 1.82) is 0 Å². The van der Waals surface area contributed by atoms with Gasteiger partial charge in [-0.25, -0.2) is 0 Å². The van der Waals surface area contributed by atoms with Crippen molar-refractivity contribution < 1.29 is 15.3 Å². The monoisotopic (exact) mass is 410 g/mol. The Kier molecular flexibility index (Phi) is 8.04. The molecule has 3 N–H and O–H groups in total. The van der Waals surface area contributed by atoms with Crippen LogP contribution in [0.4, 0.5) is 0 Å². The fraction of sp³-hybridized carbons (Fsp3) is 0.481. The quantitative estimate of drug-likeness (QED) is 0.553. The molecule has 0 aromatic heterocycles. The molecule has 0 aliphatic heterocycles. The van der Waals surface area contributed by atoms with Gasteiger partial charge in [-0.3, -0.25) is 0 Å². The van der Waals surface area contributed by atoms with Crippen LogP contribution < -0.4 is 0 Å². The maximum absolute atomic E-state index is 10.3. The summed E-state index contributed by atoms with van der Waals surface area (Å²) in [4.78, 5) is 0. The molecule has 0 saturated carbocycles. The van der Waals surface area contributed by atoms with Crippen LogP contribution in [0.15, 0.2) is 42.5 Å². The molecule has 1 unspecified atom stereocenters. The Morgan fingerprint density at radius 2 is 1.57 bits per heavy atom. The highest BCUT2D eigenvalue weighted by molar-refractivity contribution is 5.55. The molecule has 2 rings (SSSR count). The van der Waals surface area contributed by atoms with Crippen molar-refractivity contribution in [2.75, 3.05) is 0 Å². The molecule has 0 bridgehead atoms. The minimum absolute atomic E-state index is 0.00690. The van der Waals surface area contributed by atoms with Crippen molar-refractivity contribution in [2.24, 2.45) is 5.41 Å². The summed E-state index contributed by atoms with van der Waals surface area (Å²) in [5.74, 6) is 0. The average Bonchev–Trinajstić information content (AvgIpc) is 2.70. The number of rotatable bonds is 8. The zero-order valence-electron chi connectivity index (χ0n) is 19.4. The van der Waals surface area contributed by atoms with Gasteiger partial charge in [0.15, 0.2) is 0 Å². The number of hydrogen-bond acceptors (Lipinski definition) is 3. The van der Waals surface area contributed by atoms with Gasteiger partial charge in [0.25, 0.3) is 0 Å². The van der Waals surface area contributed by atoms with Crippen LogP contribution >= 0.6 is 0 Å². The van der Waals surface area contributed by atoms with Crippen LogP contribution in [0.3, 0.4) is 0 Å². The second kappa shape index (κ2) is 9.91. The van der Waals surface area contributed by atoms with Crippen molar-refractivity contribution in [2.45, 2.75) is 79.1 Å². The lowest BCUT2D eigenvalue weighted by molar-refractivity contribution is 0.106. The van der Waals surface area contributed by atoms with Crippen molar-refractivity contribution in [1.82, 2.24) is 0 Å². The molecule has 3 heteroatoms. The molecule has 2 aromatic carbocycles. The van der Waals surface area contributed by atoms with Gasteiger partial charge in [-0.15, -0.1) is 0 Å². The number of hydrogen-bond donors (Lipinski definition) is 3. The first-order valence-electron chi connectivity index (χ1n) is 10.8. The van der Waals surface area contributed by atoms with Crippen LogP contribution in [0.5, 0.6) is 0 Å². The summed E-state index contributed by atoms with van der Waals surface area (Å²) in [6.07, 6.45) is 5.30. The van der Waals surface area contributed by atoms with E-state index < -0.39 is 6.10 Å². The maximum Gasteiger partial charge on any atom is 0.0772 e. The molecule has 0 aliphatic carbocycles. The van der Waals surface area contributed by atoms with E-state index in [-0.39, 0.29) is 24.0 Å². The summed E-state index contributed by atoms with van der Waals surface area (Å²) in [5, 5.41) is 29.2. The second-order valence-corrected chi connectivity index (χ2v) is 10.0. The summed E-state index contributed by atoms with van der Waals surface area (Å²) in [6.45, 7) is 12.6. The van der Waals surface area contributed by atoms with Crippen LogP contribution in [0.2, 0.25) is 0 Å². The lowest BCUT2D eigenvalue weighted by atomic mass is 9.78. The largest absolute Gasteiger partial charge is 0.392 e. The summed E-state index contributed by atoms with van der Waals surface area (Å²) in [7, 11) is 0. The normalized spacial score (nSPS) is 13.8. The van der Waals surface area contributed by atoms with E-state index in [0.717, 1.165) is 29.5 Å². The average molecular weight is 411 g/mol. The number of aliphatic hydroxyl groups is 3. The predicted octanol–water partition coefficient (Wildman–Crippen LogP) is 5.31. The third kappa shape index (κ3) is 6.28. The van der Waals surface area contributed by atoms with E-state index >= 15 is 0 Å². The Morgan fingerprint density at radius 3 is 2.13 bits per heavy atom. The van der Waals surface area contributed by atoms with Crippen LogP contribution in [0.1, 0.15) is 74.4 Å². The highest BCUT2D eigenvalue weighted by atomic mass is 16.3. The lowest BCUT2D eigenvalue weighted by Crippen LogP contribution is -2.23. The third-order valence-corrected chi connectivity index (χ3v) is 6.05. The SMILES string of the molecule is Cc1cc(C(C)(C)CCc2ccc(CO)c(CO)c2)ccc1/C=C/C(O)C(C)(C)C. The smallest absolute Gasteiger partial charge is 0.0772 e. The summed E-state index contributed by atoms with van der Waals surface area (Å²) >= 11 is 0. The van der Waals surface area contributed by atoms with E-state index in [4.69, 9.17) is 0 Å². The van der Waals surface area contributed by atoms with Crippen molar-refractivity contribution >= 4 is 6.08 Å². The Bertz CT molecular complexity index is 872. The Morgan fingerprint density at radius 1 is 0.900 bits per heavy atom. The van der Waals surface area contributed by atoms with E-state index in [1.54, 1.807) is 0 Å². The second-order valence-electron chi connectivity index (χ2n) is 10.0. The van der Waals surface area contributed by atoms with Gasteiger partial charge in [-0.1, -0.05) is 83.2 Å². The molecule has 3 nitrogen and oxygen atoms in total. The van der Waals surface area contributed by atoms with Gasteiger partial charge in [0.1, 0.15) is 0 Å². The summed E-state index contributed by atoms with van der Waals surface area (Å²) < 4.78 is 0. The molecule has 0 radical (unpaired) electrons. The van der Waals surface area contributed by atoms with E-state index in [1.807, 2.05) is 51.1 Å². The van der Waals surface area contributed by atoms with E-state index in [1.165, 1.54) is 16.7 Å². The third-order valence-electron chi connectivity index (χ3n) is 6.05. The molecule has 164 valence electrons. The first-order chi connectivity index (χ1) is 14.0. The number of benzene rings is 2. The molecule has 0 heterocycles. The molecule has 0 amide bonds. The van der Waals surface area contributed by atoms with Gasteiger partial charge in [-0.05, 0) is 64.0 Å². The van der Waals surface area contributed by atoms with Crippen molar-refractivity contribution in [3.05, 3.63) is 75.9 Å². The minimum Gasteiger partial charge on any atom is -0.392 e. The van der Waals surface area contributed by atoms with Crippen molar-refractivity contribution in [3.8, 4) is 0 Å². The maximum atomic E-state index is 10.3. The van der Waals surface area contributed by atoms with Gasteiger partial charge < -0.3 is 15.3 Å². The first-order valence-corrected chi connectivity index (χ1v) is 10.8. The van der Waals surface area contributed by atoms with E-state index in [2.05, 4.69) is 39.0 Å². The zero-order valence-corrected chi connectivity index (χ0v) is 19.4. The highest BCUT2D eigenvalue weighted by Gasteiger charge is 2.22. The topological polar surface area (TPSA) is 60.7 Å². The Hall–Kier alpha value is -1.94. The number of aryl methyl sites for hydroxylation is 2. The lowest BCUT2D eigenvalue weighted by Gasteiger charge is -2.26. The minimum atomic E-state index is -0.478. The molecule has 0 spiro atoms. The highest BCUT2D eigenvalue weighted by Crippen LogP contribution is 2.31. The van der Waals surface area contributed by atoms with Crippen LogP contribution in [0.25, 0.3) is 6.08 Å². The summed E-state index contributed by atoms with van der Waals surface area (Å²) in [6, 6.07) is 12.5. The standard InChI is InChI=1S/C27H38O3/c1-19-15-24(11-9-21(19)10-12-25(30)26(2,3)4)27(5,6)14-13-20-7-8-22(17-28)23(16-20)18-29/h7-12,15-16,25,28-30H,13-14,17-18H2,1-6H3/b12-10+. The van der Waals surface area contributed by atoms with Gasteiger partial charge in [0, 0.05) is 0 Å². The Balaban J connectivity index is 2.12. The molecule has 30 heavy (non-hydrogen) atoms. The first kappa shape index (κ1) is 24.3. The fourth-order valence-corrected chi connectivity index (χ4v) is 3.50. The summed E-state index contributed by atoms with van der Waals surface area (Å²) in [5.41, 5.74) is 6.23. The Labute approximate surface area is 182 Å². The molecule has 1 atom stereocenters. The molecule has 0 fully saturated rings.